The van der Waals surface area contributed by atoms with Crippen molar-refractivity contribution in [3.05, 3.63) is 34.7 Å². The number of rotatable bonds is 7. The molecule has 0 aliphatic heterocycles. The Morgan fingerprint density at radius 1 is 1.32 bits per heavy atom. The highest BCUT2D eigenvalue weighted by Gasteiger charge is 2.31. The summed E-state index contributed by atoms with van der Waals surface area (Å²) >= 11 is 5.88. The first-order valence-corrected chi connectivity index (χ1v) is 8.35. The van der Waals surface area contributed by atoms with Gasteiger partial charge in [0.2, 0.25) is 5.91 Å². The molecule has 25 heavy (non-hydrogen) atoms. The first kappa shape index (κ1) is 19.5. The highest BCUT2D eigenvalue weighted by Crippen LogP contribution is 2.32. The van der Waals surface area contributed by atoms with Crippen molar-refractivity contribution in [2.75, 3.05) is 26.2 Å². The van der Waals surface area contributed by atoms with Gasteiger partial charge < -0.3 is 14.6 Å². The molecule has 1 N–H and O–H groups in total. The Labute approximate surface area is 148 Å². The van der Waals surface area contributed by atoms with Gasteiger partial charge in [-0.1, -0.05) is 25.4 Å². The third-order valence-electron chi connectivity index (χ3n) is 3.87. The van der Waals surface area contributed by atoms with E-state index >= 15 is 0 Å². The molecule has 0 unspecified atom stereocenters. The van der Waals surface area contributed by atoms with E-state index in [0.717, 1.165) is 31.9 Å². The lowest BCUT2D eigenvalue weighted by Gasteiger charge is -2.17. The van der Waals surface area contributed by atoms with Crippen LogP contribution < -0.4 is 5.32 Å². The summed E-state index contributed by atoms with van der Waals surface area (Å²) in [4.78, 5) is 18.3. The average molecular weight is 377 g/mol. The molecule has 0 saturated heterocycles. The van der Waals surface area contributed by atoms with Crippen LogP contribution in [0.2, 0.25) is 5.02 Å². The normalized spacial score (nSPS) is 12.1. The van der Waals surface area contributed by atoms with Crippen molar-refractivity contribution in [3.63, 3.8) is 0 Å². The fourth-order valence-corrected chi connectivity index (χ4v) is 2.73. The number of pyridine rings is 1. The number of amides is 1. The molecule has 0 aromatic carbocycles. The maximum absolute atomic E-state index is 12.8. The van der Waals surface area contributed by atoms with Crippen LogP contribution in [-0.2, 0) is 17.4 Å². The SMILES string of the molecule is CCN(CC)CCNC(=O)Cc1cn2cc(C(F)(F)F)cc(Cl)c2n1. The van der Waals surface area contributed by atoms with E-state index in [1.807, 2.05) is 13.8 Å². The van der Waals surface area contributed by atoms with E-state index in [9.17, 15) is 18.0 Å². The lowest BCUT2D eigenvalue weighted by molar-refractivity contribution is -0.137. The summed E-state index contributed by atoms with van der Waals surface area (Å²) < 4.78 is 39.6. The Kier molecular flexibility index (Phi) is 6.29. The number of carbonyl (C=O) groups excluding carboxylic acids is 1. The molecular formula is C16H20ClF3N4O. The molecule has 0 bridgehead atoms. The molecule has 2 aromatic heterocycles. The number of hydrogen-bond donors (Lipinski definition) is 1. The second-order valence-electron chi connectivity index (χ2n) is 5.59. The van der Waals surface area contributed by atoms with Gasteiger partial charge in [0.1, 0.15) is 0 Å². The van der Waals surface area contributed by atoms with Crippen LogP contribution in [0, 0.1) is 0 Å². The molecule has 9 heteroatoms. The van der Waals surface area contributed by atoms with Crippen LogP contribution in [0.5, 0.6) is 0 Å². The number of alkyl halides is 3. The van der Waals surface area contributed by atoms with Crippen LogP contribution in [0.3, 0.4) is 0 Å². The first-order chi connectivity index (χ1) is 11.7. The molecule has 0 aliphatic rings. The molecule has 0 spiro atoms. The maximum Gasteiger partial charge on any atom is 0.417 e. The third-order valence-corrected chi connectivity index (χ3v) is 4.15. The summed E-state index contributed by atoms with van der Waals surface area (Å²) in [6.45, 7) is 7.14. The number of fused-ring (bicyclic) bond motifs is 1. The van der Waals surface area contributed by atoms with Crippen molar-refractivity contribution in [2.45, 2.75) is 26.4 Å². The van der Waals surface area contributed by atoms with Crippen molar-refractivity contribution in [1.29, 1.82) is 0 Å². The van der Waals surface area contributed by atoms with Crippen LogP contribution in [0.25, 0.3) is 5.65 Å². The van der Waals surface area contributed by atoms with Gasteiger partial charge in [-0.3, -0.25) is 4.79 Å². The smallest absolute Gasteiger partial charge is 0.354 e. The van der Waals surface area contributed by atoms with Crippen molar-refractivity contribution in [3.8, 4) is 0 Å². The lowest BCUT2D eigenvalue weighted by atomic mass is 10.3. The van der Waals surface area contributed by atoms with E-state index in [0.29, 0.717) is 12.2 Å². The van der Waals surface area contributed by atoms with Gasteiger partial charge in [0, 0.05) is 25.5 Å². The van der Waals surface area contributed by atoms with Gasteiger partial charge in [-0.25, -0.2) is 4.98 Å². The number of nitrogens with zero attached hydrogens (tertiary/aromatic N) is 3. The minimum absolute atomic E-state index is 0.0163. The first-order valence-electron chi connectivity index (χ1n) is 7.98. The second kappa shape index (κ2) is 8.05. The molecule has 2 heterocycles. The number of imidazole rings is 1. The molecule has 2 aromatic rings. The molecule has 0 saturated carbocycles. The molecule has 0 atom stereocenters. The fourth-order valence-electron chi connectivity index (χ4n) is 2.47. The largest absolute Gasteiger partial charge is 0.417 e. The van der Waals surface area contributed by atoms with Crippen molar-refractivity contribution in [2.24, 2.45) is 0 Å². The van der Waals surface area contributed by atoms with E-state index in [4.69, 9.17) is 11.6 Å². The zero-order chi connectivity index (χ0) is 18.6. The minimum Gasteiger partial charge on any atom is -0.354 e. The number of carbonyl (C=O) groups is 1. The van der Waals surface area contributed by atoms with Gasteiger partial charge in [-0.2, -0.15) is 13.2 Å². The Balaban J connectivity index is 2.04. The number of nitrogens with one attached hydrogen (secondary N) is 1. The summed E-state index contributed by atoms with van der Waals surface area (Å²) in [5.41, 5.74) is -0.306. The average Bonchev–Trinajstić information content (AvgIpc) is 2.93. The number of hydrogen-bond acceptors (Lipinski definition) is 3. The number of aromatic nitrogens is 2. The van der Waals surface area contributed by atoms with Gasteiger partial charge in [-0.05, 0) is 19.2 Å². The van der Waals surface area contributed by atoms with Crippen molar-refractivity contribution in [1.82, 2.24) is 19.6 Å². The topological polar surface area (TPSA) is 49.6 Å². The summed E-state index contributed by atoms with van der Waals surface area (Å²) in [7, 11) is 0. The predicted octanol–water partition coefficient (Wildman–Crippen LogP) is 3.01. The predicted molar refractivity (Wildman–Crippen MR) is 89.7 cm³/mol. The molecule has 0 fully saturated rings. The standard InChI is InChI=1S/C16H20ClF3N4O/c1-3-23(4-2)6-5-21-14(25)8-12-10-24-9-11(16(18,19)20)7-13(17)15(24)22-12/h7,9-10H,3-6,8H2,1-2H3,(H,21,25). The molecule has 0 radical (unpaired) electrons. The molecule has 138 valence electrons. The zero-order valence-electron chi connectivity index (χ0n) is 14.0. The summed E-state index contributed by atoms with van der Waals surface area (Å²) in [6, 6.07) is 0.831. The molecular weight excluding hydrogens is 357 g/mol. The monoisotopic (exact) mass is 376 g/mol. The lowest BCUT2D eigenvalue weighted by Crippen LogP contribution is -2.35. The van der Waals surface area contributed by atoms with Crippen LogP contribution in [0.1, 0.15) is 25.1 Å². The van der Waals surface area contributed by atoms with Crippen LogP contribution >= 0.6 is 11.6 Å². The van der Waals surface area contributed by atoms with E-state index in [-0.39, 0.29) is 23.0 Å². The van der Waals surface area contributed by atoms with Gasteiger partial charge in [-0.15, -0.1) is 0 Å². The third kappa shape index (κ3) is 5.09. The Morgan fingerprint density at radius 2 is 2.00 bits per heavy atom. The van der Waals surface area contributed by atoms with Crippen molar-refractivity contribution >= 4 is 23.2 Å². The highest BCUT2D eigenvalue weighted by molar-refractivity contribution is 6.33. The van der Waals surface area contributed by atoms with E-state index in [1.54, 1.807) is 0 Å². The van der Waals surface area contributed by atoms with Gasteiger partial charge in [0.05, 0.1) is 22.7 Å². The van der Waals surface area contributed by atoms with Gasteiger partial charge >= 0.3 is 6.18 Å². The second-order valence-corrected chi connectivity index (χ2v) is 6.00. The van der Waals surface area contributed by atoms with Crippen LogP contribution in [-0.4, -0.2) is 46.4 Å². The van der Waals surface area contributed by atoms with Gasteiger partial charge in [0.25, 0.3) is 0 Å². The van der Waals surface area contributed by atoms with E-state index < -0.39 is 11.7 Å². The summed E-state index contributed by atoms with van der Waals surface area (Å²) in [5.74, 6) is -0.234. The summed E-state index contributed by atoms with van der Waals surface area (Å²) in [6.07, 6.45) is -2.21. The number of likely N-dealkylation sites (N-methyl/N-ethyl adjacent to an activating group) is 1. The van der Waals surface area contributed by atoms with Crippen LogP contribution in [0.4, 0.5) is 13.2 Å². The van der Waals surface area contributed by atoms with E-state index in [1.165, 1.54) is 10.6 Å². The summed E-state index contributed by atoms with van der Waals surface area (Å²) in [5, 5.41) is 2.67. The highest BCUT2D eigenvalue weighted by atomic mass is 35.5. The van der Waals surface area contributed by atoms with Gasteiger partial charge in [0.15, 0.2) is 5.65 Å². The molecule has 2 rings (SSSR count). The molecule has 5 nitrogen and oxygen atoms in total. The number of halogens is 4. The van der Waals surface area contributed by atoms with Crippen molar-refractivity contribution < 1.29 is 18.0 Å². The Morgan fingerprint density at radius 3 is 2.60 bits per heavy atom. The quantitative estimate of drug-likeness (QED) is 0.808. The van der Waals surface area contributed by atoms with E-state index in [2.05, 4.69) is 15.2 Å². The Bertz CT molecular complexity index is 741. The Hall–Kier alpha value is -1.80. The molecule has 1 amide bonds. The zero-order valence-corrected chi connectivity index (χ0v) is 14.8. The maximum atomic E-state index is 12.8. The van der Waals surface area contributed by atoms with Crippen LogP contribution in [0.15, 0.2) is 18.5 Å². The fraction of sp³-hybridized carbons (Fsp3) is 0.500. The minimum atomic E-state index is -4.50. The molecule has 0 aliphatic carbocycles.